The molecule has 0 spiro atoms. The number of thiocarbonyl (C=S) groups is 1. The van der Waals surface area contributed by atoms with Crippen LogP contribution in [0.5, 0.6) is 0 Å². The monoisotopic (exact) mass is 333 g/mol. The third-order valence-corrected chi connectivity index (χ3v) is 4.77. The molecule has 0 radical (unpaired) electrons. The van der Waals surface area contributed by atoms with Crippen LogP contribution < -0.4 is 10.6 Å². The number of nitrogens with zero attached hydrogens (tertiary/aromatic N) is 1. The number of hydrogen-bond acceptors (Lipinski definition) is 2. The normalized spacial score (nSPS) is 21.9. The zero-order chi connectivity index (χ0) is 16.8. The van der Waals surface area contributed by atoms with Crippen molar-refractivity contribution in [2.45, 2.75) is 40.5 Å². The molecular weight excluding hydrogens is 302 g/mol. The molecule has 4 heteroatoms. The summed E-state index contributed by atoms with van der Waals surface area (Å²) in [5, 5.41) is 7.37. The number of likely N-dealkylation sites (tertiary alicyclic amines) is 1. The maximum atomic E-state index is 5.41. The lowest BCUT2D eigenvalue weighted by Crippen LogP contribution is -2.40. The van der Waals surface area contributed by atoms with Gasteiger partial charge >= 0.3 is 0 Å². The Morgan fingerprint density at radius 3 is 2.61 bits per heavy atom. The second-order valence-electron chi connectivity index (χ2n) is 7.26. The second kappa shape index (κ2) is 8.65. The molecule has 1 aromatic carbocycles. The van der Waals surface area contributed by atoms with Gasteiger partial charge in [-0.25, -0.2) is 0 Å². The van der Waals surface area contributed by atoms with E-state index in [9.17, 15) is 0 Å². The Hall–Kier alpha value is -1.13. The topological polar surface area (TPSA) is 27.3 Å². The predicted molar refractivity (Wildman–Crippen MR) is 104 cm³/mol. The smallest absolute Gasteiger partial charge is 0.170 e. The molecule has 1 heterocycles. The van der Waals surface area contributed by atoms with Gasteiger partial charge < -0.3 is 15.5 Å². The van der Waals surface area contributed by atoms with E-state index < -0.39 is 0 Å². The molecule has 23 heavy (non-hydrogen) atoms. The van der Waals surface area contributed by atoms with Crippen molar-refractivity contribution < 1.29 is 0 Å². The fourth-order valence-corrected chi connectivity index (χ4v) is 3.73. The Labute approximate surface area is 146 Å². The average Bonchev–Trinajstić information content (AvgIpc) is 2.46. The molecule has 2 rings (SSSR count). The van der Waals surface area contributed by atoms with Crippen molar-refractivity contribution in [3.05, 3.63) is 29.3 Å². The van der Waals surface area contributed by atoms with Crippen molar-refractivity contribution in [3.8, 4) is 0 Å². The summed E-state index contributed by atoms with van der Waals surface area (Å²) < 4.78 is 0. The van der Waals surface area contributed by atoms with E-state index in [1.807, 2.05) is 0 Å². The fourth-order valence-electron chi connectivity index (χ4n) is 3.52. The van der Waals surface area contributed by atoms with Crippen LogP contribution in [0.4, 0.5) is 5.69 Å². The van der Waals surface area contributed by atoms with E-state index in [1.54, 1.807) is 0 Å². The van der Waals surface area contributed by atoms with Crippen LogP contribution in [0.3, 0.4) is 0 Å². The lowest BCUT2D eigenvalue weighted by molar-refractivity contribution is 0.140. The van der Waals surface area contributed by atoms with Gasteiger partial charge in [0.1, 0.15) is 0 Å². The van der Waals surface area contributed by atoms with Gasteiger partial charge in [-0.1, -0.05) is 26.0 Å². The Kier molecular flexibility index (Phi) is 6.85. The maximum Gasteiger partial charge on any atom is 0.170 e. The van der Waals surface area contributed by atoms with Crippen molar-refractivity contribution in [3.63, 3.8) is 0 Å². The lowest BCUT2D eigenvalue weighted by atomic mass is 9.92. The van der Waals surface area contributed by atoms with Crippen molar-refractivity contribution in [2.24, 2.45) is 11.8 Å². The standard InChI is InChI=1S/C19H31N3S/c1-14-6-7-17(4)18(11-14)21-19(23)20-8-5-9-22-12-15(2)10-16(3)13-22/h6-7,11,15-16H,5,8-10,12-13H2,1-4H3,(H2,20,21,23)/t15-,16+. The van der Waals surface area contributed by atoms with Gasteiger partial charge in [-0.15, -0.1) is 0 Å². The molecule has 0 aliphatic carbocycles. The number of benzene rings is 1. The molecule has 3 nitrogen and oxygen atoms in total. The van der Waals surface area contributed by atoms with Crippen molar-refractivity contribution in [1.29, 1.82) is 0 Å². The molecule has 0 aromatic heterocycles. The van der Waals surface area contributed by atoms with Gasteiger partial charge in [-0.2, -0.15) is 0 Å². The molecule has 1 fully saturated rings. The van der Waals surface area contributed by atoms with E-state index in [0.717, 1.165) is 42.1 Å². The summed E-state index contributed by atoms with van der Waals surface area (Å²) >= 11 is 5.41. The van der Waals surface area contributed by atoms with Crippen LogP contribution in [0.2, 0.25) is 0 Å². The van der Waals surface area contributed by atoms with Gasteiger partial charge in [0.05, 0.1) is 0 Å². The van der Waals surface area contributed by atoms with Crippen LogP contribution in [0.15, 0.2) is 18.2 Å². The van der Waals surface area contributed by atoms with Crippen LogP contribution >= 0.6 is 12.2 Å². The molecule has 1 aromatic rings. The second-order valence-corrected chi connectivity index (χ2v) is 7.67. The van der Waals surface area contributed by atoms with Crippen molar-refractivity contribution >= 4 is 23.0 Å². The molecular formula is C19H31N3S. The summed E-state index contributed by atoms with van der Waals surface area (Å²) in [6.07, 6.45) is 2.51. The third-order valence-electron chi connectivity index (χ3n) is 4.52. The van der Waals surface area contributed by atoms with Gasteiger partial charge in [0.25, 0.3) is 0 Å². The SMILES string of the molecule is Cc1ccc(C)c(NC(=S)NCCCN2C[C@H](C)C[C@H](C)C2)c1. The molecule has 0 saturated carbocycles. The summed E-state index contributed by atoms with van der Waals surface area (Å²) in [5.74, 6) is 1.66. The Balaban J connectivity index is 1.68. The first kappa shape index (κ1) is 18.2. The molecule has 0 amide bonds. The highest BCUT2D eigenvalue weighted by atomic mass is 32.1. The van der Waals surface area contributed by atoms with Gasteiger partial charge in [-0.3, -0.25) is 0 Å². The minimum Gasteiger partial charge on any atom is -0.362 e. The predicted octanol–water partition coefficient (Wildman–Crippen LogP) is 3.96. The van der Waals surface area contributed by atoms with E-state index in [2.05, 4.69) is 61.4 Å². The summed E-state index contributed by atoms with van der Waals surface area (Å²) in [7, 11) is 0. The Bertz CT molecular complexity index is 519. The van der Waals surface area contributed by atoms with E-state index in [4.69, 9.17) is 12.2 Å². The van der Waals surface area contributed by atoms with E-state index in [-0.39, 0.29) is 0 Å². The molecule has 1 aliphatic rings. The third kappa shape index (κ3) is 6.11. The van der Waals surface area contributed by atoms with Crippen LogP contribution in [0.1, 0.15) is 37.8 Å². The molecule has 2 atom stereocenters. The largest absolute Gasteiger partial charge is 0.362 e. The van der Waals surface area contributed by atoms with Gasteiger partial charge in [0.15, 0.2) is 5.11 Å². The summed E-state index contributed by atoms with van der Waals surface area (Å²) in [6.45, 7) is 13.5. The molecule has 2 N–H and O–H groups in total. The Morgan fingerprint density at radius 2 is 1.91 bits per heavy atom. The zero-order valence-electron chi connectivity index (χ0n) is 15.0. The summed E-state index contributed by atoms with van der Waals surface area (Å²) in [6, 6.07) is 6.39. The van der Waals surface area contributed by atoms with Gasteiger partial charge in [-0.05, 0) is 74.5 Å². The highest BCUT2D eigenvalue weighted by molar-refractivity contribution is 7.80. The molecule has 1 saturated heterocycles. The minimum atomic E-state index is 0.721. The molecule has 0 unspecified atom stereocenters. The number of piperidine rings is 1. The lowest BCUT2D eigenvalue weighted by Gasteiger charge is -2.35. The van der Waals surface area contributed by atoms with Crippen LogP contribution in [0.25, 0.3) is 0 Å². The highest BCUT2D eigenvalue weighted by Gasteiger charge is 2.20. The number of anilines is 1. The number of rotatable bonds is 5. The molecule has 128 valence electrons. The summed E-state index contributed by atoms with van der Waals surface area (Å²) in [4.78, 5) is 2.60. The first-order valence-electron chi connectivity index (χ1n) is 8.78. The highest BCUT2D eigenvalue weighted by Crippen LogP contribution is 2.20. The average molecular weight is 334 g/mol. The van der Waals surface area contributed by atoms with E-state index >= 15 is 0 Å². The quantitative estimate of drug-likeness (QED) is 0.630. The van der Waals surface area contributed by atoms with Crippen LogP contribution in [-0.4, -0.2) is 36.2 Å². The van der Waals surface area contributed by atoms with Crippen LogP contribution in [0, 0.1) is 25.7 Å². The zero-order valence-corrected chi connectivity index (χ0v) is 15.8. The number of nitrogens with one attached hydrogen (secondary N) is 2. The number of hydrogen-bond donors (Lipinski definition) is 2. The van der Waals surface area contributed by atoms with E-state index in [1.165, 1.54) is 30.6 Å². The molecule has 1 aliphatic heterocycles. The van der Waals surface area contributed by atoms with Crippen molar-refractivity contribution in [2.75, 3.05) is 31.5 Å². The van der Waals surface area contributed by atoms with Gasteiger partial charge in [0.2, 0.25) is 0 Å². The molecule has 0 bridgehead atoms. The fraction of sp³-hybridized carbons (Fsp3) is 0.632. The van der Waals surface area contributed by atoms with E-state index in [0.29, 0.717) is 0 Å². The van der Waals surface area contributed by atoms with Gasteiger partial charge in [0, 0.05) is 25.3 Å². The minimum absolute atomic E-state index is 0.721. The van der Waals surface area contributed by atoms with Crippen molar-refractivity contribution in [1.82, 2.24) is 10.2 Å². The maximum absolute atomic E-state index is 5.41. The first-order chi connectivity index (χ1) is 10.9. The summed E-state index contributed by atoms with van der Waals surface area (Å²) in [5.41, 5.74) is 3.56. The first-order valence-corrected chi connectivity index (χ1v) is 9.19. The van der Waals surface area contributed by atoms with Crippen LogP contribution in [-0.2, 0) is 0 Å². The number of aryl methyl sites for hydroxylation is 2. The Morgan fingerprint density at radius 1 is 1.22 bits per heavy atom.